The molecule has 1 aliphatic carbocycles. The van der Waals surface area contributed by atoms with Gasteiger partial charge in [-0.15, -0.1) is 0 Å². The molecule has 0 atom stereocenters. The summed E-state index contributed by atoms with van der Waals surface area (Å²) in [5, 5.41) is 12.8. The number of carbonyl (C=O) groups is 1. The third kappa shape index (κ3) is 3.90. The number of hydrogen-bond acceptors (Lipinski definition) is 8. The van der Waals surface area contributed by atoms with E-state index in [1.807, 2.05) is 13.8 Å². The van der Waals surface area contributed by atoms with Crippen LogP contribution in [-0.4, -0.2) is 61.4 Å². The fraction of sp³-hybridized carbons (Fsp3) is 0.450. The summed E-state index contributed by atoms with van der Waals surface area (Å²) in [5.74, 6) is 0.559. The van der Waals surface area contributed by atoms with Crippen LogP contribution in [0.4, 0.5) is 0 Å². The van der Waals surface area contributed by atoms with Crippen molar-refractivity contribution >= 4 is 17.1 Å². The highest BCUT2D eigenvalue weighted by molar-refractivity contribution is 6.04. The van der Waals surface area contributed by atoms with Crippen molar-refractivity contribution in [2.75, 3.05) is 20.3 Å². The summed E-state index contributed by atoms with van der Waals surface area (Å²) in [6.45, 7) is 4.76. The van der Waals surface area contributed by atoms with E-state index >= 15 is 0 Å². The molecule has 0 bridgehead atoms. The lowest BCUT2D eigenvalue weighted by Crippen LogP contribution is -2.33. The molecule has 158 valence electrons. The number of methoxy groups -OCH3 is 1. The number of amides is 1. The monoisotopic (exact) mass is 412 g/mol. The van der Waals surface area contributed by atoms with Crippen LogP contribution in [0.2, 0.25) is 0 Å². The lowest BCUT2D eigenvalue weighted by atomic mass is 10.2. The predicted octanol–water partition coefficient (Wildman–Crippen LogP) is 1.24. The maximum atomic E-state index is 12.8. The van der Waals surface area contributed by atoms with Crippen LogP contribution in [-0.2, 0) is 6.54 Å². The van der Waals surface area contributed by atoms with Crippen LogP contribution in [0, 0.1) is 6.92 Å². The van der Waals surface area contributed by atoms with Crippen molar-refractivity contribution in [2.24, 2.45) is 0 Å². The molecule has 0 aromatic carbocycles. The van der Waals surface area contributed by atoms with Crippen LogP contribution in [0.5, 0.6) is 11.8 Å². The summed E-state index contributed by atoms with van der Waals surface area (Å²) in [6, 6.07) is 0. The lowest BCUT2D eigenvalue weighted by Gasteiger charge is -2.10. The molecule has 1 aliphatic rings. The summed E-state index contributed by atoms with van der Waals surface area (Å²) in [4.78, 5) is 30.2. The zero-order valence-electron chi connectivity index (χ0n) is 17.2. The largest absolute Gasteiger partial charge is 0.481 e. The van der Waals surface area contributed by atoms with E-state index in [1.165, 1.54) is 12.5 Å². The van der Waals surface area contributed by atoms with Gasteiger partial charge in [-0.1, -0.05) is 0 Å². The summed E-state index contributed by atoms with van der Waals surface area (Å²) in [7, 11) is 1.56. The van der Waals surface area contributed by atoms with Gasteiger partial charge in [0.25, 0.3) is 5.91 Å². The van der Waals surface area contributed by atoms with Gasteiger partial charge in [0.15, 0.2) is 5.65 Å². The second-order valence-electron chi connectivity index (χ2n) is 7.35. The van der Waals surface area contributed by atoms with Crippen LogP contribution in [0.3, 0.4) is 0 Å². The van der Waals surface area contributed by atoms with Crippen molar-refractivity contribution in [3.05, 3.63) is 35.5 Å². The normalized spacial score (nSPS) is 14.5. The molecule has 30 heavy (non-hydrogen) atoms. The second kappa shape index (κ2) is 7.86. The van der Waals surface area contributed by atoms with E-state index in [4.69, 9.17) is 9.47 Å². The molecule has 0 saturated heterocycles. The number of aliphatic hydroxyl groups is 1. The van der Waals surface area contributed by atoms with E-state index in [-0.39, 0.29) is 12.5 Å². The maximum absolute atomic E-state index is 12.8. The number of hydrogen-bond donors (Lipinski definition) is 2. The first-order valence-corrected chi connectivity index (χ1v) is 9.78. The van der Waals surface area contributed by atoms with Gasteiger partial charge in [-0.25, -0.2) is 15.0 Å². The van der Waals surface area contributed by atoms with Gasteiger partial charge in [-0.2, -0.15) is 4.98 Å². The molecule has 1 amide bonds. The Bertz CT molecular complexity index is 1090. The topological polar surface area (TPSA) is 124 Å². The van der Waals surface area contributed by atoms with Gasteiger partial charge in [-0.05, 0) is 26.7 Å². The van der Waals surface area contributed by atoms with Gasteiger partial charge >= 0.3 is 0 Å². The van der Waals surface area contributed by atoms with Crippen molar-refractivity contribution in [3.8, 4) is 11.8 Å². The number of nitrogens with zero attached hydrogens (tertiary/aromatic N) is 5. The average Bonchev–Trinajstić information content (AvgIpc) is 3.38. The highest BCUT2D eigenvalue weighted by Gasteiger charge is 2.40. The number of ether oxygens (including phenoxy) is 2. The number of carbonyl (C=O) groups excluding carboxylic acids is 1. The van der Waals surface area contributed by atoms with E-state index in [2.05, 4.69) is 25.3 Å². The molecule has 3 aromatic heterocycles. The molecule has 0 aliphatic heterocycles. The molecular formula is C20H24N6O4. The third-order valence-corrected chi connectivity index (χ3v) is 5.14. The maximum Gasteiger partial charge on any atom is 0.255 e. The zero-order valence-corrected chi connectivity index (χ0v) is 17.2. The van der Waals surface area contributed by atoms with Gasteiger partial charge < -0.3 is 24.5 Å². The molecule has 10 nitrogen and oxygen atoms in total. The minimum absolute atomic E-state index is 0.213. The van der Waals surface area contributed by atoms with E-state index in [9.17, 15) is 9.90 Å². The van der Waals surface area contributed by atoms with Crippen molar-refractivity contribution < 1.29 is 19.4 Å². The van der Waals surface area contributed by atoms with Crippen LogP contribution >= 0.6 is 0 Å². The van der Waals surface area contributed by atoms with Gasteiger partial charge in [-0.3, -0.25) is 4.79 Å². The minimum atomic E-state index is -0.781. The first kappa shape index (κ1) is 20.0. The van der Waals surface area contributed by atoms with E-state index in [0.29, 0.717) is 54.5 Å². The quantitative estimate of drug-likeness (QED) is 0.566. The van der Waals surface area contributed by atoms with Gasteiger partial charge in [0.05, 0.1) is 43.3 Å². The number of rotatable bonds is 8. The van der Waals surface area contributed by atoms with Crippen molar-refractivity contribution in [2.45, 2.75) is 38.8 Å². The van der Waals surface area contributed by atoms with Crippen molar-refractivity contribution in [1.29, 1.82) is 0 Å². The Morgan fingerprint density at radius 3 is 2.83 bits per heavy atom. The van der Waals surface area contributed by atoms with Crippen molar-refractivity contribution in [3.63, 3.8) is 0 Å². The first-order chi connectivity index (χ1) is 14.4. The molecule has 0 unspecified atom stereocenters. The Hall–Kier alpha value is -3.27. The Morgan fingerprint density at radius 1 is 1.33 bits per heavy atom. The van der Waals surface area contributed by atoms with Crippen molar-refractivity contribution in [1.82, 2.24) is 29.8 Å². The van der Waals surface area contributed by atoms with Crippen LogP contribution in [0.15, 0.2) is 18.7 Å². The molecule has 1 fully saturated rings. The molecule has 3 aromatic rings. The number of nitrogens with one attached hydrogen (secondary N) is 1. The molecular weight excluding hydrogens is 388 g/mol. The third-order valence-electron chi connectivity index (χ3n) is 5.14. The number of aromatic nitrogens is 5. The SMILES string of the molecule is CCOc1cnc2c(C(=O)NCC3(O)CC3)cn(Cc3ncnc(OC)c3C)c2n1. The minimum Gasteiger partial charge on any atom is -0.481 e. The molecule has 10 heteroatoms. The average molecular weight is 412 g/mol. The molecule has 2 N–H and O–H groups in total. The molecule has 1 saturated carbocycles. The lowest BCUT2D eigenvalue weighted by molar-refractivity contribution is 0.0897. The second-order valence-corrected chi connectivity index (χ2v) is 7.35. The number of fused-ring (bicyclic) bond motifs is 1. The fourth-order valence-electron chi connectivity index (χ4n) is 3.19. The van der Waals surface area contributed by atoms with Crippen LogP contribution in [0.1, 0.15) is 41.4 Å². The molecule has 3 heterocycles. The van der Waals surface area contributed by atoms with Gasteiger partial charge in [0.2, 0.25) is 11.8 Å². The Kier molecular flexibility index (Phi) is 5.25. The fourth-order valence-corrected chi connectivity index (χ4v) is 3.19. The van der Waals surface area contributed by atoms with Gasteiger partial charge in [0, 0.05) is 18.3 Å². The highest BCUT2D eigenvalue weighted by Crippen LogP contribution is 2.34. The predicted molar refractivity (Wildman–Crippen MR) is 108 cm³/mol. The van der Waals surface area contributed by atoms with Crippen LogP contribution in [0.25, 0.3) is 11.2 Å². The Morgan fingerprint density at radius 2 is 2.13 bits per heavy atom. The standard InChI is InChI=1S/C20H24N6O4/c1-4-30-15-7-21-16-13(18(27)22-10-20(28)5-6-20)8-26(17(16)25-15)9-14-12(2)19(29-3)24-11-23-14/h7-8,11,28H,4-6,9-10H2,1-3H3,(H,22,27). The molecule has 4 rings (SSSR count). The Labute approximate surface area is 173 Å². The van der Waals surface area contributed by atoms with E-state index in [1.54, 1.807) is 17.9 Å². The summed E-state index contributed by atoms with van der Waals surface area (Å²) >= 11 is 0. The highest BCUT2D eigenvalue weighted by atomic mass is 16.5. The van der Waals surface area contributed by atoms with E-state index in [0.717, 1.165) is 11.3 Å². The first-order valence-electron chi connectivity index (χ1n) is 9.78. The smallest absolute Gasteiger partial charge is 0.255 e. The van der Waals surface area contributed by atoms with Gasteiger partial charge in [0.1, 0.15) is 11.8 Å². The molecule has 0 radical (unpaired) electrons. The summed E-state index contributed by atoms with van der Waals surface area (Å²) in [5.41, 5.74) is 2.10. The Balaban J connectivity index is 1.72. The zero-order chi connectivity index (χ0) is 21.3. The summed E-state index contributed by atoms with van der Waals surface area (Å²) in [6.07, 6.45) is 6.03. The van der Waals surface area contributed by atoms with Crippen LogP contribution < -0.4 is 14.8 Å². The van der Waals surface area contributed by atoms with E-state index < -0.39 is 5.60 Å². The summed E-state index contributed by atoms with van der Waals surface area (Å²) < 4.78 is 12.6. The molecule has 0 spiro atoms.